The highest BCUT2D eigenvalue weighted by atomic mass is 16.5. The maximum absolute atomic E-state index is 5.65. The molecule has 0 saturated heterocycles. The molecular weight excluding hydrogens is 228 g/mol. The van der Waals surface area contributed by atoms with Gasteiger partial charge in [0, 0.05) is 11.9 Å². The van der Waals surface area contributed by atoms with Gasteiger partial charge in [-0.05, 0) is 31.5 Å². The van der Waals surface area contributed by atoms with Crippen molar-refractivity contribution in [1.82, 2.24) is 19.6 Å². The molecule has 3 rings (SSSR count). The number of benzene rings is 1. The molecule has 0 aliphatic carbocycles. The lowest BCUT2D eigenvalue weighted by Crippen LogP contribution is -1.91. The van der Waals surface area contributed by atoms with Crippen LogP contribution in [0.15, 0.2) is 36.5 Å². The summed E-state index contributed by atoms with van der Waals surface area (Å²) in [6, 6.07) is 9.93. The lowest BCUT2D eigenvalue weighted by molar-refractivity contribution is 0.439. The van der Waals surface area contributed by atoms with Crippen LogP contribution < -0.4 is 4.74 Å². The zero-order valence-corrected chi connectivity index (χ0v) is 10.2. The molecule has 0 spiro atoms. The summed E-state index contributed by atoms with van der Waals surface area (Å²) in [5.41, 5.74) is 1.94. The van der Waals surface area contributed by atoms with Crippen molar-refractivity contribution in [2.24, 2.45) is 0 Å². The van der Waals surface area contributed by atoms with E-state index in [-0.39, 0.29) is 0 Å². The molecule has 3 aromatic rings. The van der Waals surface area contributed by atoms with Crippen molar-refractivity contribution in [2.45, 2.75) is 13.8 Å². The van der Waals surface area contributed by atoms with Crippen LogP contribution in [0.2, 0.25) is 0 Å². The number of hydrogen-bond donors (Lipinski definition) is 0. The van der Waals surface area contributed by atoms with E-state index < -0.39 is 0 Å². The Labute approximate surface area is 104 Å². The minimum atomic E-state index is 0.308. The molecule has 90 valence electrons. The summed E-state index contributed by atoms with van der Waals surface area (Å²) in [6.07, 6.45) is 1.81. The molecule has 0 atom stereocenters. The molecule has 2 aromatic heterocycles. The van der Waals surface area contributed by atoms with E-state index >= 15 is 0 Å². The van der Waals surface area contributed by atoms with Gasteiger partial charge in [0.25, 0.3) is 5.78 Å². The van der Waals surface area contributed by atoms with Gasteiger partial charge >= 0.3 is 6.01 Å². The zero-order chi connectivity index (χ0) is 12.5. The van der Waals surface area contributed by atoms with Crippen LogP contribution in [0, 0.1) is 13.8 Å². The molecule has 0 amide bonds. The van der Waals surface area contributed by atoms with E-state index in [1.54, 1.807) is 4.52 Å². The molecule has 0 unspecified atom stereocenters. The van der Waals surface area contributed by atoms with Gasteiger partial charge in [0.05, 0.1) is 0 Å². The predicted octanol–water partition coefficient (Wildman–Crippen LogP) is 2.53. The molecule has 2 heterocycles. The summed E-state index contributed by atoms with van der Waals surface area (Å²) >= 11 is 0. The quantitative estimate of drug-likeness (QED) is 0.690. The number of para-hydroxylation sites is 1. The van der Waals surface area contributed by atoms with Gasteiger partial charge in [0.1, 0.15) is 5.75 Å². The molecular formula is C13H12N4O. The number of ether oxygens (including phenoxy) is 1. The van der Waals surface area contributed by atoms with Crippen LogP contribution in [0.5, 0.6) is 11.8 Å². The first-order valence-corrected chi connectivity index (χ1v) is 5.66. The van der Waals surface area contributed by atoms with Crippen molar-refractivity contribution < 1.29 is 4.74 Å². The minimum Gasteiger partial charge on any atom is -0.423 e. The van der Waals surface area contributed by atoms with Gasteiger partial charge in [-0.25, -0.2) is 9.50 Å². The van der Waals surface area contributed by atoms with Crippen LogP contribution in [0.4, 0.5) is 0 Å². The van der Waals surface area contributed by atoms with E-state index in [0.29, 0.717) is 11.8 Å². The monoisotopic (exact) mass is 240 g/mol. The molecule has 0 bridgehead atoms. The van der Waals surface area contributed by atoms with Crippen molar-refractivity contribution in [3.8, 4) is 11.8 Å². The predicted molar refractivity (Wildman–Crippen MR) is 66.8 cm³/mol. The molecule has 0 N–H and O–H groups in total. The maximum Gasteiger partial charge on any atom is 0.343 e. The molecule has 1 aromatic carbocycles. The van der Waals surface area contributed by atoms with Gasteiger partial charge in [-0.3, -0.25) is 0 Å². The summed E-state index contributed by atoms with van der Waals surface area (Å²) in [7, 11) is 0. The Bertz CT molecular complexity index is 705. The number of nitrogens with zero attached hydrogens (tertiary/aromatic N) is 4. The van der Waals surface area contributed by atoms with Crippen molar-refractivity contribution in [3.05, 3.63) is 47.8 Å². The van der Waals surface area contributed by atoms with Crippen molar-refractivity contribution in [3.63, 3.8) is 0 Å². The molecule has 0 radical (unpaired) electrons. The lowest BCUT2D eigenvalue weighted by Gasteiger charge is -2.02. The van der Waals surface area contributed by atoms with Gasteiger partial charge in [-0.15, -0.1) is 5.10 Å². The molecule has 0 saturated carbocycles. The molecule has 0 aliphatic rings. The number of rotatable bonds is 2. The highest BCUT2D eigenvalue weighted by molar-refractivity contribution is 5.35. The first kappa shape index (κ1) is 10.7. The van der Waals surface area contributed by atoms with E-state index in [4.69, 9.17) is 4.74 Å². The van der Waals surface area contributed by atoms with Crippen LogP contribution in [0.25, 0.3) is 5.78 Å². The summed E-state index contributed by atoms with van der Waals surface area (Å²) in [6.45, 7) is 3.89. The van der Waals surface area contributed by atoms with E-state index in [2.05, 4.69) is 15.1 Å². The number of fused-ring (bicyclic) bond motifs is 1. The van der Waals surface area contributed by atoms with Gasteiger partial charge in [0.15, 0.2) is 0 Å². The third-order valence-corrected chi connectivity index (χ3v) is 2.62. The Balaban J connectivity index is 1.98. The molecule has 5 nitrogen and oxygen atoms in total. The smallest absolute Gasteiger partial charge is 0.343 e. The minimum absolute atomic E-state index is 0.308. The van der Waals surface area contributed by atoms with Crippen molar-refractivity contribution in [1.29, 1.82) is 0 Å². The Hall–Kier alpha value is -2.43. The molecule has 0 aliphatic heterocycles. The van der Waals surface area contributed by atoms with Gasteiger partial charge in [-0.1, -0.05) is 18.2 Å². The lowest BCUT2D eigenvalue weighted by atomic mass is 10.2. The Morgan fingerprint density at radius 1 is 1.06 bits per heavy atom. The second kappa shape index (κ2) is 4.10. The summed E-state index contributed by atoms with van der Waals surface area (Å²) in [5, 5.41) is 4.21. The van der Waals surface area contributed by atoms with Crippen LogP contribution in [0.3, 0.4) is 0 Å². The number of hydrogen-bond acceptors (Lipinski definition) is 4. The van der Waals surface area contributed by atoms with Gasteiger partial charge < -0.3 is 4.74 Å². The van der Waals surface area contributed by atoms with E-state index in [9.17, 15) is 0 Å². The average Bonchev–Trinajstić information content (AvgIpc) is 2.73. The number of aryl methyl sites for hydroxylation is 2. The highest BCUT2D eigenvalue weighted by Gasteiger charge is 2.08. The molecule has 0 fully saturated rings. The fourth-order valence-electron chi connectivity index (χ4n) is 1.66. The topological polar surface area (TPSA) is 52.3 Å². The SMILES string of the molecule is Cc1ccn2nc(Oc3ccccc3C)nc2n1. The second-order valence-corrected chi connectivity index (χ2v) is 4.08. The standard InChI is InChI=1S/C13H12N4O/c1-9-5-3-4-6-11(9)18-13-15-12-14-10(2)7-8-17(12)16-13/h3-8H,1-2H3. The van der Waals surface area contributed by atoms with E-state index in [1.165, 1.54) is 0 Å². The average molecular weight is 240 g/mol. The van der Waals surface area contributed by atoms with Crippen LogP contribution in [-0.2, 0) is 0 Å². The highest BCUT2D eigenvalue weighted by Crippen LogP contribution is 2.21. The number of aromatic nitrogens is 4. The van der Waals surface area contributed by atoms with Gasteiger partial charge in [-0.2, -0.15) is 4.98 Å². The van der Waals surface area contributed by atoms with E-state index in [0.717, 1.165) is 17.0 Å². The first-order valence-electron chi connectivity index (χ1n) is 5.66. The van der Waals surface area contributed by atoms with E-state index in [1.807, 2.05) is 50.4 Å². The summed E-state index contributed by atoms with van der Waals surface area (Å²) in [5.74, 6) is 1.30. The summed E-state index contributed by atoms with van der Waals surface area (Å²) in [4.78, 5) is 8.50. The zero-order valence-electron chi connectivity index (χ0n) is 10.2. The Morgan fingerprint density at radius 2 is 1.89 bits per heavy atom. The largest absolute Gasteiger partial charge is 0.423 e. The van der Waals surface area contributed by atoms with Gasteiger partial charge in [0.2, 0.25) is 0 Å². The fourth-order valence-corrected chi connectivity index (χ4v) is 1.66. The fraction of sp³-hybridized carbons (Fsp3) is 0.154. The Morgan fingerprint density at radius 3 is 2.72 bits per heavy atom. The van der Waals surface area contributed by atoms with Crippen LogP contribution in [0.1, 0.15) is 11.3 Å². The molecule has 18 heavy (non-hydrogen) atoms. The van der Waals surface area contributed by atoms with Crippen molar-refractivity contribution >= 4 is 5.78 Å². The second-order valence-electron chi connectivity index (χ2n) is 4.08. The summed E-state index contributed by atoms with van der Waals surface area (Å²) < 4.78 is 7.25. The molecule has 5 heteroatoms. The normalized spacial score (nSPS) is 10.8. The maximum atomic E-state index is 5.65. The van der Waals surface area contributed by atoms with Crippen LogP contribution >= 0.6 is 0 Å². The third kappa shape index (κ3) is 1.90. The first-order chi connectivity index (χ1) is 8.72. The Kier molecular flexibility index (Phi) is 2.44. The third-order valence-electron chi connectivity index (χ3n) is 2.62. The van der Waals surface area contributed by atoms with Crippen molar-refractivity contribution in [2.75, 3.05) is 0 Å². The van der Waals surface area contributed by atoms with Crippen LogP contribution in [-0.4, -0.2) is 19.6 Å².